The van der Waals surface area contributed by atoms with Crippen molar-refractivity contribution >= 4 is 11.0 Å². The molecule has 0 amide bonds. The molecule has 0 spiro atoms. The molecule has 0 saturated heterocycles. The predicted octanol–water partition coefficient (Wildman–Crippen LogP) is 2.77. The van der Waals surface area contributed by atoms with Crippen LogP contribution in [-0.4, -0.2) is 4.98 Å². The Morgan fingerprint density at radius 3 is 3.00 bits per heavy atom. The second-order valence-corrected chi connectivity index (χ2v) is 2.27. The van der Waals surface area contributed by atoms with Crippen molar-refractivity contribution in [3.63, 3.8) is 0 Å². The van der Waals surface area contributed by atoms with Crippen molar-refractivity contribution < 1.29 is 4.42 Å². The molecule has 11 heavy (non-hydrogen) atoms. The summed E-state index contributed by atoms with van der Waals surface area (Å²) in [5, 5.41) is 1.07. The van der Waals surface area contributed by atoms with Gasteiger partial charge in [-0.05, 0) is 19.1 Å². The summed E-state index contributed by atoms with van der Waals surface area (Å²) in [6.07, 6.45) is 3.52. The molecule has 0 N–H and O–H groups in total. The maximum absolute atomic E-state index is 5.33. The third-order valence-electron chi connectivity index (χ3n) is 1.44. The van der Waals surface area contributed by atoms with Gasteiger partial charge >= 0.3 is 0 Å². The van der Waals surface area contributed by atoms with Gasteiger partial charge in [-0.15, -0.1) is 0 Å². The maximum atomic E-state index is 5.33. The van der Waals surface area contributed by atoms with E-state index in [0.717, 1.165) is 16.7 Å². The van der Waals surface area contributed by atoms with Crippen molar-refractivity contribution in [2.75, 3.05) is 0 Å². The number of hydrogen-bond donors (Lipinski definition) is 0. The monoisotopic (exact) mass is 149 g/mol. The molecule has 2 aromatic heterocycles. The van der Waals surface area contributed by atoms with E-state index in [1.165, 1.54) is 0 Å². The number of aromatic nitrogens is 1. The van der Waals surface area contributed by atoms with E-state index in [1.807, 2.05) is 19.1 Å². The highest BCUT2D eigenvalue weighted by Gasteiger charge is 1.96. The standard InChI is InChI=1S/C8H7NO.CH4/c1-6-4-7-5-9-3-2-8(7)10-6;/h2-5H,1H3;1H4. The Labute approximate surface area is 65.9 Å². The van der Waals surface area contributed by atoms with Crippen LogP contribution in [0.25, 0.3) is 11.0 Å². The van der Waals surface area contributed by atoms with Gasteiger partial charge in [0.05, 0.1) is 0 Å². The Hall–Kier alpha value is -1.31. The molecular formula is C9H11NO. The number of rotatable bonds is 0. The fraction of sp³-hybridized carbons (Fsp3) is 0.222. The topological polar surface area (TPSA) is 26.0 Å². The molecule has 0 atom stereocenters. The average Bonchev–Trinajstić information content (AvgIpc) is 2.27. The number of hydrogen-bond acceptors (Lipinski definition) is 2. The zero-order valence-electron chi connectivity index (χ0n) is 5.66. The average molecular weight is 149 g/mol. The fourth-order valence-corrected chi connectivity index (χ4v) is 1.02. The van der Waals surface area contributed by atoms with Crippen molar-refractivity contribution in [3.05, 3.63) is 30.3 Å². The van der Waals surface area contributed by atoms with Gasteiger partial charge in [0.1, 0.15) is 11.3 Å². The van der Waals surface area contributed by atoms with Gasteiger partial charge in [0, 0.05) is 17.8 Å². The van der Waals surface area contributed by atoms with Gasteiger partial charge in [-0.1, -0.05) is 7.43 Å². The minimum absolute atomic E-state index is 0. The minimum atomic E-state index is 0. The Morgan fingerprint density at radius 2 is 2.27 bits per heavy atom. The van der Waals surface area contributed by atoms with Crippen LogP contribution in [0.4, 0.5) is 0 Å². The molecule has 0 unspecified atom stereocenters. The first-order valence-electron chi connectivity index (χ1n) is 3.16. The lowest BCUT2D eigenvalue weighted by atomic mass is 10.3. The second-order valence-electron chi connectivity index (χ2n) is 2.27. The molecule has 0 saturated carbocycles. The third kappa shape index (κ3) is 1.24. The smallest absolute Gasteiger partial charge is 0.137 e. The quantitative estimate of drug-likeness (QED) is 0.575. The van der Waals surface area contributed by atoms with Gasteiger partial charge < -0.3 is 4.42 Å². The summed E-state index contributed by atoms with van der Waals surface area (Å²) in [7, 11) is 0. The summed E-state index contributed by atoms with van der Waals surface area (Å²) in [6, 6.07) is 3.84. The molecule has 58 valence electrons. The van der Waals surface area contributed by atoms with E-state index in [-0.39, 0.29) is 7.43 Å². The second kappa shape index (κ2) is 2.74. The van der Waals surface area contributed by atoms with Crippen LogP contribution >= 0.6 is 0 Å². The molecule has 2 rings (SSSR count). The van der Waals surface area contributed by atoms with Gasteiger partial charge in [0.2, 0.25) is 0 Å². The first-order valence-corrected chi connectivity index (χ1v) is 3.16. The van der Waals surface area contributed by atoms with Gasteiger partial charge in [0.15, 0.2) is 0 Å². The van der Waals surface area contributed by atoms with Crippen LogP contribution in [-0.2, 0) is 0 Å². The van der Waals surface area contributed by atoms with Crippen LogP contribution in [0.3, 0.4) is 0 Å². The van der Waals surface area contributed by atoms with Gasteiger partial charge in [-0.2, -0.15) is 0 Å². The first-order chi connectivity index (χ1) is 4.86. The molecule has 0 bridgehead atoms. The largest absolute Gasteiger partial charge is 0.461 e. The number of nitrogens with zero attached hydrogens (tertiary/aromatic N) is 1. The lowest BCUT2D eigenvalue weighted by Crippen LogP contribution is -1.65. The number of aryl methyl sites for hydroxylation is 1. The summed E-state index contributed by atoms with van der Waals surface area (Å²) >= 11 is 0. The SMILES string of the molecule is C.Cc1cc2cnccc2o1. The molecule has 0 aromatic carbocycles. The summed E-state index contributed by atoms with van der Waals surface area (Å²) in [5.74, 6) is 0.933. The third-order valence-corrected chi connectivity index (χ3v) is 1.44. The molecule has 2 aromatic rings. The van der Waals surface area contributed by atoms with Crippen LogP contribution in [0.15, 0.2) is 28.9 Å². The molecule has 0 aliphatic carbocycles. The highest BCUT2D eigenvalue weighted by Crippen LogP contribution is 2.15. The molecular weight excluding hydrogens is 138 g/mol. The zero-order chi connectivity index (χ0) is 6.97. The van der Waals surface area contributed by atoms with Crippen LogP contribution < -0.4 is 0 Å². The van der Waals surface area contributed by atoms with Gasteiger partial charge in [-0.25, -0.2) is 0 Å². The molecule has 0 aliphatic heterocycles. The van der Waals surface area contributed by atoms with E-state index in [0.29, 0.717) is 0 Å². The first kappa shape index (κ1) is 7.79. The highest BCUT2D eigenvalue weighted by atomic mass is 16.3. The predicted molar refractivity (Wildman–Crippen MR) is 45.5 cm³/mol. The van der Waals surface area contributed by atoms with Crippen molar-refractivity contribution in [3.8, 4) is 0 Å². The Kier molecular flexibility index (Phi) is 1.94. The number of pyridine rings is 1. The van der Waals surface area contributed by atoms with E-state index in [9.17, 15) is 0 Å². The molecule has 2 heterocycles. The van der Waals surface area contributed by atoms with E-state index < -0.39 is 0 Å². The minimum Gasteiger partial charge on any atom is -0.461 e. The van der Waals surface area contributed by atoms with Crippen LogP contribution in [0.1, 0.15) is 13.2 Å². The lowest BCUT2D eigenvalue weighted by Gasteiger charge is -1.81. The number of furan rings is 1. The van der Waals surface area contributed by atoms with Gasteiger partial charge in [-0.3, -0.25) is 4.98 Å². The Bertz CT molecular complexity index is 318. The molecule has 0 aliphatic rings. The normalized spacial score (nSPS) is 9.55. The maximum Gasteiger partial charge on any atom is 0.137 e. The summed E-state index contributed by atoms with van der Waals surface area (Å²) in [6.45, 7) is 1.93. The molecule has 0 radical (unpaired) electrons. The van der Waals surface area contributed by atoms with E-state index in [2.05, 4.69) is 4.98 Å². The Morgan fingerprint density at radius 1 is 1.45 bits per heavy atom. The molecule has 0 fully saturated rings. The summed E-state index contributed by atoms with van der Waals surface area (Å²) in [4.78, 5) is 3.97. The summed E-state index contributed by atoms with van der Waals surface area (Å²) < 4.78 is 5.33. The van der Waals surface area contributed by atoms with E-state index in [1.54, 1.807) is 12.4 Å². The fourth-order valence-electron chi connectivity index (χ4n) is 1.02. The van der Waals surface area contributed by atoms with Crippen LogP contribution in [0, 0.1) is 6.92 Å². The zero-order valence-corrected chi connectivity index (χ0v) is 5.66. The van der Waals surface area contributed by atoms with Gasteiger partial charge in [0.25, 0.3) is 0 Å². The highest BCUT2D eigenvalue weighted by molar-refractivity contribution is 5.76. The van der Waals surface area contributed by atoms with E-state index >= 15 is 0 Å². The van der Waals surface area contributed by atoms with Crippen molar-refractivity contribution in [2.45, 2.75) is 14.4 Å². The van der Waals surface area contributed by atoms with E-state index in [4.69, 9.17) is 4.42 Å². The lowest BCUT2D eigenvalue weighted by molar-refractivity contribution is 0.578. The van der Waals surface area contributed by atoms with Crippen molar-refractivity contribution in [1.82, 2.24) is 4.98 Å². The van der Waals surface area contributed by atoms with Crippen molar-refractivity contribution in [1.29, 1.82) is 0 Å². The van der Waals surface area contributed by atoms with Crippen molar-refractivity contribution in [2.24, 2.45) is 0 Å². The van der Waals surface area contributed by atoms with Crippen LogP contribution in [0.2, 0.25) is 0 Å². The Balaban J connectivity index is 0.000000605. The molecule has 2 heteroatoms. The summed E-state index contributed by atoms with van der Waals surface area (Å²) in [5.41, 5.74) is 0.910. The number of fused-ring (bicyclic) bond motifs is 1. The molecule has 2 nitrogen and oxygen atoms in total. The van der Waals surface area contributed by atoms with Crippen LogP contribution in [0.5, 0.6) is 0 Å².